The molecule has 0 fully saturated rings. The topological polar surface area (TPSA) is 55.4 Å². The fraction of sp³-hybridized carbons (Fsp3) is 0.125. The lowest BCUT2D eigenvalue weighted by molar-refractivity contribution is -0.124. The minimum Gasteiger partial charge on any atom is -0.452 e. The highest BCUT2D eigenvalue weighted by molar-refractivity contribution is 5.91. The van der Waals surface area contributed by atoms with Gasteiger partial charge in [0.1, 0.15) is 17.5 Å². The van der Waals surface area contributed by atoms with Gasteiger partial charge in [0.15, 0.2) is 6.61 Å². The van der Waals surface area contributed by atoms with Crippen molar-refractivity contribution in [1.82, 2.24) is 5.32 Å². The maximum Gasteiger partial charge on any atom is 0.341 e. The van der Waals surface area contributed by atoms with E-state index in [0.29, 0.717) is 6.07 Å². The van der Waals surface area contributed by atoms with Gasteiger partial charge in [-0.05, 0) is 18.2 Å². The number of nitrogens with one attached hydrogen (secondary N) is 1. The SMILES string of the molecule is O=C(COC(=O)c1ccc(F)cc1F)NCc1ccccc1F. The Labute approximate surface area is 129 Å². The number of esters is 1. The molecule has 0 aliphatic heterocycles. The van der Waals surface area contributed by atoms with E-state index in [-0.39, 0.29) is 12.1 Å². The highest BCUT2D eigenvalue weighted by atomic mass is 19.1. The summed E-state index contributed by atoms with van der Waals surface area (Å²) in [5, 5.41) is 2.36. The second-order valence-electron chi connectivity index (χ2n) is 4.57. The molecule has 0 atom stereocenters. The van der Waals surface area contributed by atoms with Crippen LogP contribution in [0.5, 0.6) is 0 Å². The van der Waals surface area contributed by atoms with Crippen LogP contribution in [0.4, 0.5) is 13.2 Å². The molecular formula is C16H12F3NO3. The molecule has 1 amide bonds. The fourth-order valence-corrected chi connectivity index (χ4v) is 1.75. The molecule has 0 heterocycles. The van der Waals surface area contributed by atoms with Gasteiger partial charge in [-0.15, -0.1) is 0 Å². The lowest BCUT2D eigenvalue weighted by Crippen LogP contribution is -2.28. The third-order valence-electron chi connectivity index (χ3n) is 2.92. The van der Waals surface area contributed by atoms with E-state index in [1.165, 1.54) is 18.2 Å². The Hall–Kier alpha value is -2.83. The normalized spacial score (nSPS) is 10.2. The van der Waals surface area contributed by atoms with E-state index >= 15 is 0 Å². The molecule has 2 aromatic carbocycles. The Balaban J connectivity index is 1.84. The van der Waals surface area contributed by atoms with Crippen molar-refractivity contribution in [3.63, 3.8) is 0 Å². The van der Waals surface area contributed by atoms with Crippen molar-refractivity contribution in [2.45, 2.75) is 6.54 Å². The first-order valence-corrected chi connectivity index (χ1v) is 6.59. The zero-order valence-electron chi connectivity index (χ0n) is 11.8. The molecule has 0 bridgehead atoms. The van der Waals surface area contributed by atoms with E-state index < -0.39 is 41.5 Å². The van der Waals surface area contributed by atoms with E-state index in [4.69, 9.17) is 0 Å². The summed E-state index contributed by atoms with van der Waals surface area (Å²) in [5.74, 6) is -4.16. The summed E-state index contributed by atoms with van der Waals surface area (Å²) in [6, 6.07) is 8.23. The summed E-state index contributed by atoms with van der Waals surface area (Å²) < 4.78 is 44.1. The minimum absolute atomic E-state index is 0.0754. The van der Waals surface area contributed by atoms with Gasteiger partial charge >= 0.3 is 5.97 Å². The Morgan fingerprint density at radius 2 is 1.74 bits per heavy atom. The molecular weight excluding hydrogens is 311 g/mol. The summed E-state index contributed by atoms with van der Waals surface area (Å²) >= 11 is 0. The molecule has 2 aromatic rings. The van der Waals surface area contributed by atoms with Crippen LogP contribution in [0.3, 0.4) is 0 Å². The smallest absolute Gasteiger partial charge is 0.341 e. The van der Waals surface area contributed by atoms with E-state index in [2.05, 4.69) is 10.1 Å². The largest absolute Gasteiger partial charge is 0.452 e. The van der Waals surface area contributed by atoms with Gasteiger partial charge in [-0.3, -0.25) is 4.79 Å². The summed E-state index contributed by atoms with van der Waals surface area (Å²) in [6.45, 7) is -0.738. The first-order chi connectivity index (χ1) is 11.0. The maximum atomic E-state index is 13.4. The van der Waals surface area contributed by atoms with Crippen LogP contribution in [0, 0.1) is 17.5 Å². The molecule has 0 radical (unpaired) electrons. The summed E-state index contributed by atoms with van der Waals surface area (Å²) in [6.07, 6.45) is 0. The lowest BCUT2D eigenvalue weighted by Gasteiger charge is -2.08. The number of carbonyl (C=O) groups excluding carboxylic acids is 2. The van der Waals surface area contributed by atoms with Crippen LogP contribution in [0.15, 0.2) is 42.5 Å². The van der Waals surface area contributed by atoms with Crippen LogP contribution < -0.4 is 5.32 Å². The molecule has 0 aromatic heterocycles. The second kappa shape index (κ2) is 7.44. The van der Waals surface area contributed by atoms with Gasteiger partial charge in [-0.1, -0.05) is 18.2 Å². The van der Waals surface area contributed by atoms with Crippen LogP contribution in [-0.2, 0) is 16.1 Å². The van der Waals surface area contributed by atoms with Crippen LogP contribution >= 0.6 is 0 Å². The average Bonchev–Trinajstić information content (AvgIpc) is 2.52. The molecule has 0 unspecified atom stereocenters. The zero-order valence-corrected chi connectivity index (χ0v) is 11.8. The van der Waals surface area contributed by atoms with Crippen molar-refractivity contribution in [1.29, 1.82) is 0 Å². The standard InChI is InChI=1S/C16H12F3NO3/c17-11-5-6-12(14(19)7-11)16(22)23-9-15(21)20-8-10-3-1-2-4-13(10)18/h1-7H,8-9H2,(H,20,21). The first-order valence-electron chi connectivity index (χ1n) is 6.59. The van der Waals surface area contributed by atoms with Crippen molar-refractivity contribution in [2.24, 2.45) is 0 Å². The molecule has 4 nitrogen and oxygen atoms in total. The average molecular weight is 323 g/mol. The number of benzene rings is 2. The number of carbonyl (C=O) groups is 2. The van der Waals surface area contributed by atoms with E-state index in [1.54, 1.807) is 6.07 Å². The molecule has 120 valence electrons. The molecule has 0 aliphatic carbocycles. The number of halogens is 3. The third kappa shape index (κ3) is 4.57. The Bertz CT molecular complexity index is 734. The molecule has 0 saturated heterocycles. The Morgan fingerprint density at radius 1 is 1.00 bits per heavy atom. The highest BCUT2D eigenvalue weighted by Gasteiger charge is 2.15. The number of amides is 1. The second-order valence-corrected chi connectivity index (χ2v) is 4.57. The first kappa shape index (κ1) is 16.5. The van der Waals surface area contributed by atoms with E-state index in [0.717, 1.165) is 12.1 Å². The van der Waals surface area contributed by atoms with Gasteiger partial charge in [0.25, 0.3) is 5.91 Å². The minimum atomic E-state index is -1.09. The van der Waals surface area contributed by atoms with Gasteiger partial charge in [0, 0.05) is 18.2 Å². The van der Waals surface area contributed by atoms with Crippen LogP contribution in [-0.4, -0.2) is 18.5 Å². The highest BCUT2D eigenvalue weighted by Crippen LogP contribution is 2.11. The Kier molecular flexibility index (Phi) is 5.35. The zero-order chi connectivity index (χ0) is 16.8. The van der Waals surface area contributed by atoms with Crippen molar-refractivity contribution in [3.05, 3.63) is 71.0 Å². The maximum absolute atomic E-state index is 13.4. The van der Waals surface area contributed by atoms with Gasteiger partial charge in [-0.25, -0.2) is 18.0 Å². The quantitative estimate of drug-likeness (QED) is 0.861. The number of hydrogen-bond donors (Lipinski definition) is 1. The van der Waals surface area contributed by atoms with Crippen LogP contribution in [0.1, 0.15) is 15.9 Å². The molecule has 23 heavy (non-hydrogen) atoms. The van der Waals surface area contributed by atoms with Gasteiger partial charge in [-0.2, -0.15) is 0 Å². The molecule has 0 aliphatic rings. The van der Waals surface area contributed by atoms with Crippen molar-refractivity contribution in [2.75, 3.05) is 6.61 Å². The van der Waals surface area contributed by atoms with E-state index in [1.807, 2.05) is 0 Å². The molecule has 7 heteroatoms. The van der Waals surface area contributed by atoms with Gasteiger partial charge < -0.3 is 10.1 Å². The van der Waals surface area contributed by atoms with Crippen LogP contribution in [0.2, 0.25) is 0 Å². The van der Waals surface area contributed by atoms with Crippen LogP contribution in [0.25, 0.3) is 0 Å². The summed E-state index contributed by atoms with van der Waals surface area (Å²) in [4.78, 5) is 23.1. The van der Waals surface area contributed by atoms with Crippen molar-refractivity contribution >= 4 is 11.9 Å². The van der Waals surface area contributed by atoms with Gasteiger partial charge in [0.2, 0.25) is 0 Å². The van der Waals surface area contributed by atoms with Gasteiger partial charge in [0.05, 0.1) is 5.56 Å². The number of hydrogen-bond acceptors (Lipinski definition) is 3. The monoisotopic (exact) mass is 323 g/mol. The summed E-state index contributed by atoms with van der Waals surface area (Å²) in [7, 11) is 0. The summed E-state index contributed by atoms with van der Waals surface area (Å²) in [5.41, 5.74) is -0.204. The Morgan fingerprint density at radius 3 is 2.43 bits per heavy atom. The lowest BCUT2D eigenvalue weighted by atomic mass is 10.2. The van der Waals surface area contributed by atoms with E-state index in [9.17, 15) is 22.8 Å². The fourth-order valence-electron chi connectivity index (χ4n) is 1.75. The molecule has 1 N–H and O–H groups in total. The molecule has 0 spiro atoms. The van der Waals surface area contributed by atoms with Crippen molar-refractivity contribution in [3.8, 4) is 0 Å². The number of ether oxygens (including phenoxy) is 1. The molecule has 0 saturated carbocycles. The third-order valence-corrected chi connectivity index (χ3v) is 2.92. The molecule has 2 rings (SSSR count). The van der Waals surface area contributed by atoms with Crippen molar-refractivity contribution < 1.29 is 27.5 Å². The predicted molar refractivity (Wildman–Crippen MR) is 74.9 cm³/mol. The predicted octanol–water partition coefficient (Wildman–Crippen LogP) is 2.58. The number of rotatable bonds is 5.